The summed E-state index contributed by atoms with van der Waals surface area (Å²) in [6, 6.07) is 13.9. The molecule has 1 atom stereocenters. The minimum absolute atomic E-state index is 0.147. The lowest BCUT2D eigenvalue weighted by Gasteiger charge is -2.31. The summed E-state index contributed by atoms with van der Waals surface area (Å²) >= 11 is 1.63. The predicted molar refractivity (Wildman–Crippen MR) is 111 cm³/mol. The van der Waals surface area contributed by atoms with E-state index in [4.69, 9.17) is 4.74 Å². The van der Waals surface area contributed by atoms with Crippen LogP contribution in [0.25, 0.3) is 0 Å². The van der Waals surface area contributed by atoms with E-state index in [0.29, 0.717) is 25.1 Å². The molecule has 28 heavy (non-hydrogen) atoms. The Morgan fingerprint density at radius 2 is 1.82 bits per heavy atom. The second kappa shape index (κ2) is 8.98. The molecule has 150 valence electrons. The average molecular weight is 421 g/mol. The summed E-state index contributed by atoms with van der Waals surface area (Å²) in [6.07, 6.45) is 3.32. The molecule has 3 rings (SSSR count). The predicted octanol–water partition coefficient (Wildman–Crippen LogP) is 3.46. The third-order valence-corrected chi connectivity index (χ3v) is 7.43. The SMILES string of the molecule is COc1ccc(S(=O)(=O)N2CCCC(C(=O)Nc3ccc(SC)cc3)C2)cc1. The van der Waals surface area contributed by atoms with E-state index in [2.05, 4.69) is 5.32 Å². The summed E-state index contributed by atoms with van der Waals surface area (Å²) in [4.78, 5) is 14.0. The zero-order valence-corrected chi connectivity index (χ0v) is 17.6. The number of rotatable bonds is 6. The lowest BCUT2D eigenvalue weighted by Crippen LogP contribution is -2.43. The van der Waals surface area contributed by atoms with Crippen molar-refractivity contribution in [2.24, 2.45) is 5.92 Å². The van der Waals surface area contributed by atoms with Crippen LogP contribution < -0.4 is 10.1 Å². The fourth-order valence-corrected chi connectivity index (χ4v) is 5.12. The van der Waals surface area contributed by atoms with Gasteiger partial charge in [0, 0.05) is 23.7 Å². The van der Waals surface area contributed by atoms with E-state index in [0.717, 1.165) is 10.6 Å². The quantitative estimate of drug-likeness (QED) is 0.725. The number of thioether (sulfide) groups is 1. The van der Waals surface area contributed by atoms with E-state index in [1.165, 1.54) is 23.5 Å². The fraction of sp³-hybridized carbons (Fsp3) is 0.350. The van der Waals surface area contributed by atoms with Crippen molar-refractivity contribution in [1.82, 2.24) is 4.31 Å². The molecule has 0 saturated carbocycles. The molecule has 1 unspecified atom stereocenters. The third-order valence-electron chi connectivity index (χ3n) is 4.81. The summed E-state index contributed by atoms with van der Waals surface area (Å²) in [5, 5.41) is 2.90. The van der Waals surface area contributed by atoms with Gasteiger partial charge in [0.15, 0.2) is 0 Å². The Bertz CT molecular complexity index is 912. The Balaban J connectivity index is 1.68. The minimum Gasteiger partial charge on any atom is -0.497 e. The summed E-state index contributed by atoms with van der Waals surface area (Å²) in [5.74, 6) is 0.0795. The number of ether oxygens (including phenoxy) is 1. The highest BCUT2D eigenvalue weighted by atomic mass is 32.2. The van der Waals surface area contributed by atoms with Crippen LogP contribution in [0.2, 0.25) is 0 Å². The molecule has 1 heterocycles. The first-order valence-electron chi connectivity index (χ1n) is 9.03. The second-order valence-electron chi connectivity index (χ2n) is 6.60. The molecule has 2 aromatic rings. The summed E-state index contributed by atoms with van der Waals surface area (Å²) in [5.41, 5.74) is 0.720. The van der Waals surface area contributed by atoms with Gasteiger partial charge in [-0.1, -0.05) is 0 Å². The number of anilines is 1. The zero-order valence-electron chi connectivity index (χ0n) is 15.9. The number of methoxy groups -OCH3 is 1. The van der Waals surface area contributed by atoms with Crippen molar-refractivity contribution in [1.29, 1.82) is 0 Å². The monoisotopic (exact) mass is 420 g/mol. The third kappa shape index (κ3) is 4.68. The summed E-state index contributed by atoms with van der Waals surface area (Å²) in [7, 11) is -2.11. The smallest absolute Gasteiger partial charge is 0.243 e. The maximum absolute atomic E-state index is 12.9. The Labute approximate surface area is 170 Å². The van der Waals surface area contributed by atoms with E-state index >= 15 is 0 Å². The number of nitrogens with one attached hydrogen (secondary N) is 1. The first-order chi connectivity index (χ1) is 13.4. The van der Waals surface area contributed by atoms with Crippen molar-refractivity contribution in [2.75, 3.05) is 31.8 Å². The molecule has 6 nitrogen and oxygen atoms in total. The van der Waals surface area contributed by atoms with Crippen molar-refractivity contribution >= 4 is 33.4 Å². The van der Waals surface area contributed by atoms with E-state index < -0.39 is 10.0 Å². The van der Waals surface area contributed by atoms with Crippen molar-refractivity contribution in [3.63, 3.8) is 0 Å². The number of carbonyl (C=O) groups excluding carboxylic acids is 1. The molecule has 1 aliphatic rings. The van der Waals surface area contributed by atoms with E-state index in [-0.39, 0.29) is 23.3 Å². The van der Waals surface area contributed by atoms with Crippen molar-refractivity contribution < 1.29 is 17.9 Å². The van der Waals surface area contributed by atoms with E-state index in [1.807, 2.05) is 30.5 Å². The molecule has 1 N–H and O–H groups in total. The summed E-state index contributed by atoms with van der Waals surface area (Å²) < 4.78 is 32.4. The molecule has 0 aliphatic carbocycles. The Kier molecular flexibility index (Phi) is 6.64. The Morgan fingerprint density at radius 3 is 2.43 bits per heavy atom. The molecule has 0 bridgehead atoms. The van der Waals surface area contributed by atoms with Crippen LogP contribution in [0.4, 0.5) is 5.69 Å². The number of amides is 1. The van der Waals surface area contributed by atoms with Crippen LogP contribution >= 0.6 is 11.8 Å². The number of piperidine rings is 1. The largest absolute Gasteiger partial charge is 0.497 e. The molecular weight excluding hydrogens is 396 g/mol. The molecule has 0 aromatic heterocycles. The van der Waals surface area contributed by atoms with E-state index in [1.54, 1.807) is 23.9 Å². The van der Waals surface area contributed by atoms with Gasteiger partial charge >= 0.3 is 0 Å². The van der Waals surface area contributed by atoms with Crippen LogP contribution in [-0.4, -0.2) is 45.1 Å². The molecular formula is C20H24N2O4S2. The topological polar surface area (TPSA) is 75.7 Å². The number of benzene rings is 2. The van der Waals surface area contributed by atoms with Crippen molar-refractivity contribution in [3.8, 4) is 5.75 Å². The lowest BCUT2D eigenvalue weighted by molar-refractivity contribution is -0.120. The molecule has 8 heteroatoms. The van der Waals surface area contributed by atoms with Crippen molar-refractivity contribution in [2.45, 2.75) is 22.6 Å². The van der Waals surface area contributed by atoms with Crippen LogP contribution in [0.5, 0.6) is 5.75 Å². The molecule has 1 aliphatic heterocycles. The fourth-order valence-electron chi connectivity index (χ4n) is 3.19. The highest BCUT2D eigenvalue weighted by molar-refractivity contribution is 7.98. The number of hydrogen-bond acceptors (Lipinski definition) is 5. The first-order valence-corrected chi connectivity index (χ1v) is 11.7. The Morgan fingerprint density at radius 1 is 1.14 bits per heavy atom. The highest BCUT2D eigenvalue weighted by Crippen LogP contribution is 2.26. The minimum atomic E-state index is -3.64. The van der Waals surface area contributed by atoms with E-state index in [9.17, 15) is 13.2 Å². The van der Waals surface area contributed by atoms with Crippen LogP contribution in [-0.2, 0) is 14.8 Å². The lowest BCUT2D eigenvalue weighted by atomic mass is 9.99. The molecule has 1 saturated heterocycles. The zero-order chi connectivity index (χ0) is 20.1. The van der Waals surface area contributed by atoms with Crippen LogP contribution in [0.3, 0.4) is 0 Å². The van der Waals surface area contributed by atoms with Crippen LogP contribution in [0, 0.1) is 5.92 Å². The normalized spacial score (nSPS) is 17.9. The molecule has 0 spiro atoms. The highest BCUT2D eigenvalue weighted by Gasteiger charge is 2.33. The van der Waals surface area contributed by atoms with Gasteiger partial charge in [-0.3, -0.25) is 4.79 Å². The molecule has 2 aromatic carbocycles. The number of carbonyl (C=O) groups is 1. The van der Waals surface area contributed by atoms with Gasteiger partial charge in [0.05, 0.1) is 17.9 Å². The standard InChI is InChI=1S/C20H24N2O4S2/c1-26-17-7-11-19(12-8-17)28(24,25)22-13-3-4-15(14-22)20(23)21-16-5-9-18(27-2)10-6-16/h5-12,15H,3-4,13-14H2,1-2H3,(H,21,23). The van der Waals surface area contributed by atoms with Gasteiger partial charge in [-0.2, -0.15) is 4.31 Å². The van der Waals surface area contributed by atoms with Crippen LogP contribution in [0.1, 0.15) is 12.8 Å². The van der Waals surface area contributed by atoms with Gasteiger partial charge < -0.3 is 10.1 Å². The van der Waals surface area contributed by atoms with Gasteiger partial charge in [0.2, 0.25) is 15.9 Å². The van der Waals surface area contributed by atoms with Gasteiger partial charge in [0.25, 0.3) is 0 Å². The number of sulfonamides is 1. The van der Waals surface area contributed by atoms with Gasteiger partial charge in [-0.15, -0.1) is 11.8 Å². The molecule has 1 amide bonds. The van der Waals surface area contributed by atoms with Gasteiger partial charge in [-0.25, -0.2) is 8.42 Å². The molecule has 0 radical (unpaired) electrons. The number of nitrogens with zero attached hydrogens (tertiary/aromatic N) is 1. The average Bonchev–Trinajstić information content (AvgIpc) is 2.74. The maximum atomic E-state index is 12.9. The summed E-state index contributed by atoms with van der Waals surface area (Å²) in [6.45, 7) is 0.601. The van der Waals surface area contributed by atoms with Crippen LogP contribution in [0.15, 0.2) is 58.3 Å². The number of hydrogen-bond donors (Lipinski definition) is 1. The Hall–Kier alpha value is -2.03. The van der Waals surface area contributed by atoms with Gasteiger partial charge in [0.1, 0.15) is 5.75 Å². The van der Waals surface area contributed by atoms with Gasteiger partial charge in [-0.05, 0) is 67.6 Å². The maximum Gasteiger partial charge on any atom is 0.243 e. The molecule has 1 fully saturated rings. The van der Waals surface area contributed by atoms with Crippen molar-refractivity contribution in [3.05, 3.63) is 48.5 Å². The first kappa shape index (κ1) is 20.7. The second-order valence-corrected chi connectivity index (χ2v) is 9.41.